The molecule has 2 aliphatic rings. The smallest absolute Gasteiger partial charge is 0.227 e. The van der Waals surface area contributed by atoms with E-state index in [1.165, 1.54) is 32.4 Å². The van der Waals surface area contributed by atoms with Crippen molar-refractivity contribution in [1.82, 2.24) is 9.80 Å². The van der Waals surface area contributed by atoms with Crippen molar-refractivity contribution in [2.75, 3.05) is 26.2 Å². The van der Waals surface area contributed by atoms with Crippen LogP contribution in [0.15, 0.2) is 18.2 Å². The van der Waals surface area contributed by atoms with Crippen molar-refractivity contribution in [3.05, 3.63) is 33.8 Å². The summed E-state index contributed by atoms with van der Waals surface area (Å²) in [6, 6.07) is 5.84. The number of hydrogen-bond donors (Lipinski definition) is 0. The highest BCUT2D eigenvalue weighted by molar-refractivity contribution is 6.42. The Bertz CT molecular complexity index is 565. The summed E-state index contributed by atoms with van der Waals surface area (Å²) < 4.78 is 0. The molecule has 0 aromatic heterocycles. The van der Waals surface area contributed by atoms with E-state index in [0.717, 1.165) is 31.5 Å². The first-order valence-electron chi connectivity index (χ1n) is 8.59. The fourth-order valence-electron chi connectivity index (χ4n) is 3.71. The van der Waals surface area contributed by atoms with Crippen LogP contribution < -0.4 is 0 Å². The second kappa shape index (κ2) is 10.6. The Balaban J connectivity index is 0.00000156. The molecule has 0 unspecified atom stereocenters. The molecule has 2 fully saturated rings. The maximum absolute atomic E-state index is 12.8. The standard InChI is InChI=1S/C18H24Cl2N2O.ClH.H2O/c19-16-7-6-14(11-17(16)20)12-18(23)22-10-2-1-5-15(22)13-21-8-3-4-9-21;;/h6-7,11,15H,1-5,8-10,12-13H2;1H;1H2/t15-;;/m0../s1. The minimum Gasteiger partial charge on any atom is -0.412 e. The molecule has 7 heteroatoms. The van der Waals surface area contributed by atoms with Gasteiger partial charge in [-0.15, -0.1) is 12.4 Å². The summed E-state index contributed by atoms with van der Waals surface area (Å²) in [6.45, 7) is 4.29. The second-order valence-corrected chi connectivity index (χ2v) is 7.48. The van der Waals surface area contributed by atoms with Crippen molar-refractivity contribution < 1.29 is 10.3 Å². The Morgan fingerprint density at radius 1 is 1.04 bits per heavy atom. The van der Waals surface area contributed by atoms with E-state index < -0.39 is 0 Å². The van der Waals surface area contributed by atoms with Gasteiger partial charge in [-0.1, -0.05) is 29.3 Å². The summed E-state index contributed by atoms with van der Waals surface area (Å²) in [5.41, 5.74) is 0.940. The van der Waals surface area contributed by atoms with E-state index in [0.29, 0.717) is 22.5 Å². The number of hydrogen-bond acceptors (Lipinski definition) is 2. The van der Waals surface area contributed by atoms with Gasteiger partial charge in [-0.2, -0.15) is 0 Å². The van der Waals surface area contributed by atoms with E-state index in [1.807, 2.05) is 6.07 Å². The Hall–Kier alpha value is -0.520. The summed E-state index contributed by atoms with van der Waals surface area (Å²) >= 11 is 12.0. The first-order chi connectivity index (χ1) is 11.1. The highest BCUT2D eigenvalue weighted by Crippen LogP contribution is 2.25. The highest BCUT2D eigenvalue weighted by Gasteiger charge is 2.28. The number of carbonyl (C=O) groups is 1. The van der Waals surface area contributed by atoms with Gasteiger partial charge in [0.05, 0.1) is 16.5 Å². The van der Waals surface area contributed by atoms with Gasteiger partial charge in [0.1, 0.15) is 0 Å². The number of carbonyl (C=O) groups excluding carboxylic acids is 1. The van der Waals surface area contributed by atoms with Crippen molar-refractivity contribution >= 4 is 41.5 Å². The minimum absolute atomic E-state index is 0. The number of amides is 1. The van der Waals surface area contributed by atoms with Crippen molar-refractivity contribution in [3.8, 4) is 0 Å². The number of piperidine rings is 1. The van der Waals surface area contributed by atoms with Gasteiger partial charge in [0.2, 0.25) is 5.91 Å². The van der Waals surface area contributed by atoms with E-state index in [2.05, 4.69) is 9.80 Å². The van der Waals surface area contributed by atoms with Gasteiger partial charge in [-0.05, 0) is 62.9 Å². The maximum Gasteiger partial charge on any atom is 0.227 e. The van der Waals surface area contributed by atoms with Crippen LogP contribution in [0.2, 0.25) is 10.0 Å². The molecule has 142 valence electrons. The van der Waals surface area contributed by atoms with Crippen LogP contribution in [0.3, 0.4) is 0 Å². The van der Waals surface area contributed by atoms with Crippen molar-refractivity contribution in [3.63, 3.8) is 0 Å². The predicted octanol–water partition coefficient (Wildman–Crippen LogP) is 3.61. The average molecular weight is 410 g/mol. The molecule has 2 heterocycles. The summed E-state index contributed by atoms with van der Waals surface area (Å²) in [6.07, 6.45) is 6.48. The lowest BCUT2D eigenvalue weighted by atomic mass is 10.00. The topological polar surface area (TPSA) is 55.1 Å². The van der Waals surface area contributed by atoms with Crippen LogP contribution in [0.5, 0.6) is 0 Å². The summed E-state index contributed by atoms with van der Waals surface area (Å²) in [5, 5.41) is 1.05. The van der Waals surface area contributed by atoms with E-state index in [-0.39, 0.29) is 23.8 Å². The molecule has 1 aromatic carbocycles. The molecule has 0 radical (unpaired) electrons. The zero-order valence-electron chi connectivity index (χ0n) is 14.3. The molecule has 1 atom stereocenters. The first-order valence-corrected chi connectivity index (χ1v) is 9.35. The Morgan fingerprint density at radius 2 is 1.72 bits per heavy atom. The predicted molar refractivity (Wildman–Crippen MR) is 106 cm³/mol. The summed E-state index contributed by atoms with van der Waals surface area (Å²) in [5.74, 6) is 0.215. The SMILES string of the molecule is Cl.O.O=C(Cc1ccc(Cl)c(Cl)c1)N1CCCC[C@H]1CN1CCCC1. The number of likely N-dealkylation sites (tertiary alicyclic amines) is 2. The van der Waals surface area contributed by atoms with Crippen molar-refractivity contribution in [2.24, 2.45) is 0 Å². The van der Waals surface area contributed by atoms with Crippen molar-refractivity contribution in [2.45, 2.75) is 44.6 Å². The van der Waals surface area contributed by atoms with Gasteiger partial charge in [0, 0.05) is 19.1 Å². The quantitative estimate of drug-likeness (QED) is 0.762. The van der Waals surface area contributed by atoms with Crippen LogP contribution in [0.1, 0.15) is 37.7 Å². The van der Waals surface area contributed by atoms with E-state index >= 15 is 0 Å². The normalized spacial score (nSPS) is 20.7. The van der Waals surface area contributed by atoms with Crippen LogP contribution in [0.25, 0.3) is 0 Å². The first kappa shape index (κ1) is 22.5. The average Bonchev–Trinajstić information content (AvgIpc) is 3.04. The molecule has 3 rings (SSSR count). The molecule has 2 N–H and O–H groups in total. The fraction of sp³-hybridized carbons (Fsp3) is 0.611. The number of rotatable bonds is 4. The van der Waals surface area contributed by atoms with E-state index in [9.17, 15) is 4.79 Å². The zero-order chi connectivity index (χ0) is 16.2. The molecule has 0 spiro atoms. The van der Waals surface area contributed by atoms with Gasteiger partial charge < -0.3 is 15.3 Å². The van der Waals surface area contributed by atoms with Gasteiger partial charge in [-0.3, -0.25) is 4.79 Å². The fourth-order valence-corrected chi connectivity index (χ4v) is 4.03. The molecular formula is C18H27Cl3N2O2. The lowest BCUT2D eigenvalue weighted by Gasteiger charge is -2.38. The molecular weight excluding hydrogens is 383 g/mol. The Labute approximate surface area is 166 Å². The van der Waals surface area contributed by atoms with Crippen LogP contribution >= 0.6 is 35.6 Å². The number of nitrogens with zero attached hydrogens (tertiary/aromatic N) is 2. The summed E-state index contributed by atoms with van der Waals surface area (Å²) in [7, 11) is 0. The third kappa shape index (κ3) is 6.00. The van der Waals surface area contributed by atoms with Gasteiger partial charge in [-0.25, -0.2) is 0 Å². The molecule has 0 aliphatic carbocycles. The molecule has 0 bridgehead atoms. The third-order valence-corrected chi connectivity index (χ3v) is 5.69. The number of benzene rings is 1. The van der Waals surface area contributed by atoms with Gasteiger partial charge >= 0.3 is 0 Å². The molecule has 1 aromatic rings. The Morgan fingerprint density at radius 3 is 2.40 bits per heavy atom. The zero-order valence-corrected chi connectivity index (χ0v) is 16.7. The minimum atomic E-state index is 0. The van der Waals surface area contributed by atoms with Crippen LogP contribution in [0, 0.1) is 0 Å². The summed E-state index contributed by atoms with van der Waals surface area (Å²) in [4.78, 5) is 17.4. The lowest BCUT2D eigenvalue weighted by Crippen LogP contribution is -2.49. The van der Waals surface area contributed by atoms with Crippen molar-refractivity contribution in [1.29, 1.82) is 0 Å². The van der Waals surface area contributed by atoms with Gasteiger partial charge in [0.15, 0.2) is 0 Å². The molecule has 25 heavy (non-hydrogen) atoms. The molecule has 2 saturated heterocycles. The third-order valence-electron chi connectivity index (χ3n) is 4.95. The van der Waals surface area contributed by atoms with E-state index in [1.54, 1.807) is 12.1 Å². The van der Waals surface area contributed by atoms with Crippen LogP contribution in [0.4, 0.5) is 0 Å². The largest absolute Gasteiger partial charge is 0.412 e. The maximum atomic E-state index is 12.8. The molecule has 0 saturated carbocycles. The van der Waals surface area contributed by atoms with Crippen LogP contribution in [-0.2, 0) is 11.2 Å². The molecule has 4 nitrogen and oxygen atoms in total. The van der Waals surface area contributed by atoms with Crippen LogP contribution in [-0.4, -0.2) is 53.4 Å². The highest BCUT2D eigenvalue weighted by atomic mass is 35.5. The molecule has 2 aliphatic heterocycles. The Kier molecular flexibility index (Phi) is 9.54. The lowest BCUT2D eigenvalue weighted by molar-refractivity contribution is -0.134. The van der Waals surface area contributed by atoms with E-state index in [4.69, 9.17) is 23.2 Å². The monoisotopic (exact) mass is 408 g/mol. The number of halogens is 3. The van der Waals surface area contributed by atoms with Gasteiger partial charge in [0.25, 0.3) is 0 Å². The second-order valence-electron chi connectivity index (χ2n) is 6.67. The molecule has 1 amide bonds.